The number of anilines is 1. The fourth-order valence-corrected chi connectivity index (χ4v) is 5.12. The van der Waals surface area contributed by atoms with Gasteiger partial charge in [-0.3, -0.25) is 4.79 Å². The molecule has 1 spiro atoms. The van der Waals surface area contributed by atoms with E-state index in [1.54, 1.807) is 11.3 Å². The number of nitrogens with one attached hydrogen (secondary N) is 2. The van der Waals surface area contributed by atoms with Gasteiger partial charge >= 0.3 is 0 Å². The Kier molecular flexibility index (Phi) is 4.05. The van der Waals surface area contributed by atoms with E-state index < -0.39 is 0 Å². The molecule has 5 nitrogen and oxygen atoms in total. The van der Waals surface area contributed by atoms with Crippen LogP contribution in [0.5, 0.6) is 0 Å². The number of hydrogen-bond acceptors (Lipinski definition) is 5. The Bertz CT molecular complexity index is 575. The highest BCUT2D eigenvalue weighted by Gasteiger charge is 2.48. The van der Waals surface area contributed by atoms with Gasteiger partial charge in [0, 0.05) is 37.0 Å². The van der Waals surface area contributed by atoms with Crippen LogP contribution in [0, 0.1) is 6.92 Å². The Morgan fingerprint density at radius 3 is 2.74 bits per heavy atom. The average molecular weight is 334 g/mol. The lowest BCUT2D eigenvalue weighted by molar-refractivity contribution is -0.128. The van der Waals surface area contributed by atoms with Crippen molar-refractivity contribution >= 4 is 22.4 Å². The van der Waals surface area contributed by atoms with Crippen LogP contribution in [0.15, 0.2) is 5.38 Å². The molecule has 2 saturated heterocycles. The first-order valence-corrected chi connectivity index (χ1v) is 9.77. The SMILES string of the molecule is Cc1csc(N2CCC(NC3CCC(=O)NC34CCC4)CC2)n1. The van der Waals surface area contributed by atoms with E-state index in [-0.39, 0.29) is 11.4 Å². The first-order chi connectivity index (χ1) is 11.1. The number of carbonyl (C=O) groups is 1. The minimum absolute atomic E-state index is 0.0683. The van der Waals surface area contributed by atoms with E-state index in [2.05, 4.69) is 32.8 Å². The summed E-state index contributed by atoms with van der Waals surface area (Å²) < 4.78 is 0. The zero-order valence-electron chi connectivity index (χ0n) is 13.8. The molecular formula is C17H26N4OS. The molecule has 6 heteroatoms. The fourth-order valence-electron chi connectivity index (χ4n) is 4.26. The number of aromatic nitrogens is 1. The quantitative estimate of drug-likeness (QED) is 0.890. The summed E-state index contributed by atoms with van der Waals surface area (Å²) in [5.74, 6) is 0.247. The molecule has 1 aliphatic carbocycles. The Balaban J connectivity index is 1.33. The van der Waals surface area contributed by atoms with Gasteiger partial charge in [-0.25, -0.2) is 4.98 Å². The standard InChI is InChI=1S/C17H26N4OS/c1-12-11-23-16(18-12)21-9-5-13(6-10-21)19-14-3-4-15(22)20-17(14)7-2-8-17/h11,13-14,19H,2-10H2,1H3,(H,20,22). The minimum atomic E-state index is 0.0683. The molecule has 126 valence electrons. The van der Waals surface area contributed by atoms with E-state index in [9.17, 15) is 4.79 Å². The summed E-state index contributed by atoms with van der Waals surface area (Å²) in [4.78, 5) is 18.8. The first-order valence-electron chi connectivity index (χ1n) is 8.89. The van der Waals surface area contributed by atoms with Gasteiger partial charge in [-0.2, -0.15) is 0 Å². The van der Waals surface area contributed by atoms with Gasteiger partial charge in [0.2, 0.25) is 5.91 Å². The summed E-state index contributed by atoms with van der Waals surface area (Å²) in [6.45, 7) is 4.22. The number of carbonyl (C=O) groups excluding carboxylic acids is 1. The normalized spacial score (nSPS) is 27.8. The van der Waals surface area contributed by atoms with Crippen LogP contribution in [0.1, 0.15) is 50.6 Å². The highest BCUT2D eigenvalue weighted by Crippen LogP contribution is 2.39. The second kappa shape index (κ2) is 6.06. The van der Waals surface area contributed by atoms with Crippen LogP contribution >= 0.6 is 11.3 Å². The second-order valence-corrected chi connectivity index (χ2v) is 8.19. The van der Waals surface area contributed by atoms with Crippen LogP contribution in [0.25, 0.3) is 0 Å². The Morgan fingerprint density at radius 2 is 2.13 bits per heavy atom. The van der Waals surface area contributed by atoms with E-state index in [1.165, 1.54) is 24.4 Å². The molecule has 1 unspecified atom stereocenters. The number of amides is 1. The van der Waals surface area contributed by atoms with Crippen molar-refractivity contribution in [3.63, 3.8) is 0 Å². The second-order valence-electron chi connectivity index (χ2n) is 7.35. The molecule has 1 atom stereocenters. The molecule has 23 heavy (non-hydrogen) atoms. The molecule has 1 saturated carbocycles. The van der Waals surface area contributed by atoms with Gasteiger partial charge in [-0.05, 0) is 45.4 Å². The third-order valence-corrected chi connectivity index (χ3v) is 6.79. The third-order valence-electron chi connectivity index (χ3n) is 5.77. The maximum atomic E-state index is 11.8. The summed E-state index contributed by atoms with van der Waals surface area (Å²) in [6, 6.07) is 1.04. The van der Waals surface area contributed by atoms with Crippen LogP contribution in [-0.4, -0.2) is 41.6 Å². The molecule has 1 amide bonds. The van der Waals surface area contributed by atoms with E-state index in [0.29, 0.717) is 18.5 Å². The summed E-state index contributed by atoms with van der Waals surface area (Å²) in [5.41, 5.74) is 1.19. The smallest absolute Gasteiger partial charge is 0.220 e. The maximum Gasteiger partial charge on any atom is 0.220 e. The molecule has 0 aromatic carbocycles. The monoisotopic (exact) mass is 334 g/mol. The molecule has 0 bridgehead atoms. The average Bonchev–Trinajstić information content (AvgIpc) is 2.95. The molecule has 3 fully saturated rings. The van der Waals surface area contributed by atoms with Gasteiger partial charge in [-0.15, -0.1) is 11.3 Å². The van der Waals surface area contributed by atoms with Crippen molar-refractivity contribution < 1.29 is 4.79 Å². The van der Waals surface area contributed by atoms with Gasteiger partial charge in [0.1, 0.15) is 0 Å². The van der Waals surface area contributed by atoms with Gasteiger partial charge in [0.15, 0.2) is 5.13 Å². The summed E-state index contributed by atoms with van der Waals surface area (Å²) in [7, 11) is 0. The van der Waals surface area contributed by atoms with Gasteiger partial charge < -0.3 is 15.5 Å². The summed E-state index contributed by atoms with van der Waals surface area (Å²) >= 11 is 1.75. The zero-order valence-corrected chi connectivity index (χ0v) is 14.6. The van der Waals surface area contributed by atoms with E-state index in [1.807, 2.05) is 0 Å². The van der Waals surface area contributed by atoms with Crippen molar-refractivity contribution in [3.8, 4) is 0 Å². The van der Waals surface area contributed by atoms with E-state index in [0.717, 1.165) is 38.0 Å². The molecule has 4 rings (SSSR count). The lowest BCUT2D eigenvalue weighted by Crippen LogP contribution is -2.69. The van der Waals surface area contributed by atoms with Crippen molar-refractivity contribution in [1.82, 2.24) is 15.6 Å². The number of aryl methyl sites for hydroxylation is 1. The van der Waals surface area contributed by atoms with Crippen molar-refractivity contribution in [2.24, 2.45) is 0 Å². The van der Waals surface area contributed by atoms with Crippen molar-refractivity contribution in [1.29, 1.82) is 0 Å². The first kappa shape index (κ1) is 15.4. The molecule has 3 heterocycles. The van der Waals surface area contributed by atoms with Crippen molar-refractivity contribution in [3.05, 3.63) is 11.1 Å². The zero-order chi connectivity index (χ0) is 15.9. The predicted octanol–water partition coefficient (Wildman–Crippen LogP) is 2.21. The van der Waals surface area contributed by atoms with Gasteiger partial charge in [0.05, 0.1) is 11.2 Å². The highest BCUT2D eigenvalue weighted by molar-refractivity contribution is 7.13. The van der Waals surface area contributed by atoms with Crippen molar-refractivity contribution in [2.75, 3.05) is 18.0 Å². The molecule has 3 aliphatic rings. The lowest BCUT2D eigenvalue weighted by Gasteiger charge is -2.52. The topological polar surface area (TPSA) is 57.3 Å². The van der Waals surface area contributed by atoms with Crippen LogP contribution < -0.4 is 15.5 Å². The summed E-state index contributed by atoms with van der Waals surface area (Å²) in [6.07, 6.45) is 7.55. The van der Waals surface area contributed by atoms with Crippen LogP contribution in [-0.2, 0) is 4.79 Å². The third kappa shape index (κ3) is 2.98. The Hall–Kier alpha value is -1.14. The van der Waals surface area contributed by atoms with Crippen LogP contribution in [0.4, 0.5) is 5.13 Å². The number of thiazole rings is 1. The minimum Gasteiger partial charge on any atom is -0.349 e. The lowest BCUT2D eigenvalue weighted by atomic mass is 9.68. The fraction of sp³-hybridized carbons (Fsp3) is 0.765. The van der Waals surface area contributed by atoms with Gasteiger partial charge in [-0.1, -0.05) is 0 Å². The molecular weight excluding hydrogens is 308 g/mol. The number of hydrogen-bond donors (Lipinski definition) is 2. The predicted molar refractivity (Wildman–Crippen MR) is 93.0 cm³/mol. The highest BCUT2D eigenvalue weighted by atomic mass is 32.1. The number of piperidine rings is 2. The number of rotatable bonds is 3. The maximum absolute atomic E-state index is 11.8. The molecule has 2 aliphatic heterocycles. The van der Waals surface area contributed by atoms with Crippen molar-refractivity contribution in [2.45, 2.75) is 69.5 Å². The number of nitrogens with zero attached hydrogens (tertiary/aromatic N) is 2. The molecule has 1 aromatic heterocycles. The van der Waals surface area contributed by atoms with Crippen LogP contribution in [0.2, 0.25) is 0 Å². The Labute approximate surface area is 141 Å². The molecule has 2 N–H and O–H groups in total. The Morgan fingerprint density at radius 1 is 1.35 bits per heavy atom. The van der Waals surface area contributed by atoms with Crippen LogP contribution in [0.3, 0.4) is 0 Å². The van der Waals surface area contributed by atoms with E-state index in [4.69, 9.17) is 0 Å². The van der Waals surface area contributed by atoms with Gasteiger partial charge in [0.25, 0.3) is 0 Å². The largest absolute Gasteiger partial charge is 0.349 e. The molecule has 0 radical (unpaired) electrons. The molecule has 1 aromatic rings. The van der Waals surface area contributed by atoms with E-state index >= 15 is 0 Å². The summed E-state index contributed by atoms with van der Waals surface area (Å²) in [5, 5.41) is 10.5.